The lowest BCUT2D eigenvalue weighted by Crippen LogP contribution is -2.48. The summed E-state index contributed by atoms with van der Waals surface area (Å²) in [5.41, 5.74) is -2.87. The molecule has 0 radical (unpaired) electrons. The van der Waals surface area contributed by atoms with Crippen LogP contribution in [0.25, 0.3) is 0 Å². The number of piperazine rings is 1. The van der Waals surface area contributed by atoms with Crippen molar-refractivity contribution < 1.29 is 35.5 Å². The summed E-state index contributed by atoms with van der Waals surface area (Å²) in [6.07, 6.45) is -9.85. The molecule has 0 aliphatic carbocycles. The van der Waals surface area contributed by atoms with Crippen LogP contribution in [0.1, 0.15) is 21.5 Å². The smallest absolute Gasteiger partial charge is 0.368 e. The van der Waals surface area contributed by atoms with Crippen molar-refractivity contribution in [3.63, 3.8) is 0 Å². The molecule has 0 bridgehead atoms. The van der Waals surface area contributed by atoms with Gasteiger partial charge < -0.3 is 9.80 Å². The monoisotopic (exact) mass is 420 g/mol. The summed E-state index contributed by atoms with van der Waals surface area (Å²) in [7, 11) is 0. The van der Waals surface area contributed by atoms with Crippen molar-refractivity contribution >= 4 is 11.6 Å². The minimum atomic E-state index is -4.93. The summed E-state index contributed by atoms with van der Waals surface area (Å²) >= 11 is 0. The molecule has 29 heavy (non-hydrogen) atoms. The van der Waals surface area contributed by atoms with E-state index in [2.05, 4.69) is 0 Å². The maximum Gasteiger partial charge on any atom is 0.416 e. The molecule has 10 heteroatoms. The van der Waals surface area contributed by atoms with Crippen LogP contribution in [0.4, 0.5) is 36.4 Å². The number of amides is 1. The third-order valence-corrected chi connectivity index (χ3v) is 4.58. The number of nitrogens with zero attached hydrogens (tertiary/aromatic N) is 2. The molecule has 1 aliphatic rings. The molecule has 0 unspecified atom stereocenters. The fraction of sp³-hybridized carbons (Fsp3) is 0.316. The summed E-state index contributed by atoms with van der Waals surface area (Å²) in [5.74, 6) is -1.04. The Morgan fingerprint density at radius 3 is 1.83 bits per heavy atom. The van der Waals surface area contributed by atoms with E-state index in [1.54, 1.807) is 0 Å². The second-order valence-electron chi connectivity index (χ2n) is 6.55. The second kappa shape index (κ2) is 7.57. The molecule has 1 saturated heterocycles. The number of hydrogen-bond donors (Lipinski definition) is 0. The molecule has 0 spiro atoms. The van der Waals surface area contributed by atoms with Gasteiger partial charge in [-0.2, -0.15) is 26.3 Å². The van der Waals surface area contributed by atoms with E-state index in [0.29, 0.717) is 12.1 Å². The molecule has 156 valence electrons. The first-order chi connectivity index (χ1) is 13.4. The largest absolute Gasteiger partial charge is 0.416 e. The fourth-order valence-electron chi connectivity index (χ4n) is 3.09. The van der Waals surface area contributed by atoms with Crippen LogP contribution in [-0.4, -0.2) is 37.0 Å². The van der Waals surface area contributed by atoms with E-state index >= 15 is 0 Å². The first kappa shape index (κ1) is 20.9. The zero-order valence-electron chi connectivity index (χ0n) is 14.8. The topological polar surface area (TPSA) is 23.6 Å². The van der Waals surface area contributed by atoms with Crippen molar-refractivity contribution in [3.8, 4) is 0 Å². The molecule has 3 nitrogen and oxygen atoms in total. The van der Waals surface area contributed by atoms with E-state index < -0.39 is 35.2 Å². The van der Waals surface area contributed by atoms with Gasteiger partial charge in [0.05, 0.1) is 11.1 Å². The highest BCUT2D eigenvalue weighted by atomic mass is 19.4. The van der Waals surface area contributed by atoms with Crippen LogP contribution in [0.3, 0.4) is 0 Å². The molecule has 1 heterocycles. The zero-order chi connectivity index (χ0) is 21.4. The van der Waals surface area contributed by atoms with E-state index in [1.165, 1.54) is 28.0 Å². The van der Waals surface area contributed by atoms with Crippen LogP contribution in [0.15, 0.2) is 42.5 Å². The van der Waals surface area contributed by atoms with Crippen molar-refractivity contribution in [2.75, 3.05) is 31.1 Å². The predicted molar refractivity (Wildman–Crippen MR) is 91.0 cm³/mol. The number of anilines is 1. The lowest BCUT2D eigenvalue weighted by atomic mass is 10.1. The van der Waals surface area contributed by atoms with Gasteiger partial charge in [-0.1, -0.05) is 6.07 Å². The maximum atomic E-state index is 13.3. The maximum absolute atomic E-state index is 13.3. The van der Waals surface area contributed by atoms with E-state index in [-0.39, 0.29) is 43.5 Å². The van der Waals surface area contributed by atoms with Crippen LogP contribution in [0.2, 0.25) is 0 Å². The Balaban J connectivity index is 1.79. The zero-order valence-corrected chi connectivity index (χ0v) is 14.8. The Hall–Kier alpha value is -2.78. The van der Waals surface area contributed by atoms with Gasteiger partial charge in [0, 0.05) is 37.4 Å². The van der Waals surface area contributed by atoms with E-state index in [0.717, 1.165) is 6.07 Å². The summed E-state index contributed by atoms with van der Waals surface area (Å²) in [6.45, 7) is 0.235. The standard InChI is InChI=1S/C19H15F7N2O/c20-15-3-1-2-12(8-15)17(29)28-6-4-27(5-7-28)16-10-13(18(21,22)23)9-14(11-16)19(24,25)26/h1-3,8-11H,4-7H2. The van der Waals surface area contributed by atoms with Crippen molar-refractivity contribution in [1.29, 1.82) is 0 Å². The van der Waals surface area contributed by atoms with Gasteiger partial charge in [0.1, 0.15) is 5.82 Å². The molecule has 0 aromatic heterocycles. The quantitative estimate of drug-likeness (QED) is 0.651. The average Bonchev–Trinajstić information content (AvgIpc) is 2.66. The predicted octanol–water partition coefficient (Wildman–Crippen LogP) is 4.83. The Kier molecular flexibility index (Phi) is 5.46. The van der Waals surface area contributed by atoms with Crippen molar-refractivity contribution in [2.45, 2.75) is 12.4 Å². The van der Waals surface area contributed by atoms with Gasteiger partial charge in [-0.15, -0.1) is 0 Å². The van der Waals surface area contributed by atoms with Crippen LogP contribution < -0.4 is 4.90 Å². The number of carbonyl (C=O) groups excluding carboxylic acids is 1. The van der Waals surface area contributed by atoms with Gasteiger partial charge in [-0.3, -0.25) is 4.79 Å². The number of hydrogen-bond acceptors (Lipinski definition) is 2. The van der Waals surface area contributed by atoms with Gasteiger partial charge in [0.25, 0.3) is 5.91 Å². The average molecular weight is 420 g/mol. The number of halogens is 7. The Bertz CT molecular complexity index is 868. The number of alkyl halides is 6. The third kappa shape index (κ3) is 4.80. The molecule has 1 fully saturated rings. The summed E-state index contributed by atoms with van der Waals surface area (Å²) in [5, 5.41) is 0. The lowest BCUT2D eigenvalue weighted by molar-refractivity contribution is -0.143. The molecule has 3 rings (SSSR count). The molecular formula is C19H15F7N2O. The molecule has 0 atom stereocenters. The highest BCUT2D eigenvalue weighted by Gasteiger charge is 2.37. The van der Waals surface area contributed by atoms with Gasteiger partial charge in [0.15, 0.2) is 0 Å². The minimum absolute atomic E-state index is 0.0413. The number of benzene rings is 2. The molecule has 2 aromatic rings. The molecule has 1 amide bonds. The highest BCUT2D eigenvalue weighted by molar-refractivity contribution is 5.94. The normalized spacial score (nSPS) is 15.6. The molecular weight excluding hydrogens is 405 g/mol. The Labute approximate surface area is 161 Å². The van der Waals surface area contributed by atoms with E-state index in [1.807, 2.05) is 0 Å². The minimum Gasteiger partial charge on any atom is -0.368 e. The molecule has 0 saturated carbocycles. The summed E-state index contributed by atoms with van der Waals surface area (Å²) in [6, 6.07) is 6.46. The number of rotatable bonds is 2. The molecule has 0 N–H and O–H groups in total. The Morgan fingerprint density at radius 2 is 1.34 bits per heavy atom. The first-order valence-corrected chi connectivity index (χ1v) is 8.54. The molecule has 2 aromatic carbocycles. The van der Waals surface area contributed by atoms with Gasteiger partial charge >= 0.3 is 12.4 Å². The first-order valence-electron chi connectivity index (χ1n) is 8.54. The second-order valence-corrected chi connectivity index (χ2v) is 6.55. The van der Waals surface area contributed by atoms with Crippen molar-refractivity contribution in [3.05, 3.63) is 65.0 Å². The van der Waals surface area contributed by atoms with Crippen LogP contribution in [0.5, 0.6) is 0 Å². The van der Waals surface area contributed by atoms with Gasteiger partial charge in [-0.25, -0.2) is 4.39 Å². The Morgan fingerprint density at radius 1 is 0.793 bits per heavy atom. The summed E-state index contributed by atoms with van der Waals surface area (Å²) in [4.78, 5) is 15.1. The number of carbonyl (C=O) groups is 1. The van der Waals surface area contributed by atoms with E-state index in [9.17, 15) is 35.5 Å². The van der Waals surface area contributed by atoms with Gasteiger partial charge in [-0.05, 0) is 36.4 Å². The van der Waals surface area contributed by atoms with Crippen molar-refractivity contribution in [2.24, 2.45) is 0 Å². The van der Waals surface area contributed by atoms with E-state index in [4.69, 9.17) is 0 Å². The van der Waals surface area contributed by atoms with Gasteiger partial charge in [0.2, 0.25) is 0 Å². The SMILES string of the molecule is O=C(c1cccc(F)c1)N1CCN(c2cc(C(F)(F)F)cc(C(F)(F)F)c2)CC1. The third-order valence-electron chi connectivity index (χ3n) is 4.58. The van der Waals surface area contributed by atoms with Crippen LogP contribution in [0, 0.1) is 5.82 Å². The van der Waals surface area contributed by atoms with Crippen LogP contribution in [-0.2, 0) is 12.4 Å². The lowest BCUT2D eigenvalue weighted by Gasteiger charge is -2.36. The molecule has 1 aliphatic heterocycles. The summed E-state index contributed by atoms with van der Waals surface area (Å²) < 4.78 is 91.4. The van der Waals surface area contributed by atoms with Crippen molar-refractivity contribution in [1.82, 2.24) is 4.90 Å². The van der Waals surface area contributed by atoms with Crippen LogP contribution >= 0.6 is 0 Å². The highest BCUT2D eigenvalue weighted by Crippen LogP contribution is 2.38. The fourth-order valence-corrected chi connectivity index (χ4v) is 3.09.